The number of aryl methyl sites for hydroxylation is 2. The van der Waals surface area contributed by atoms with Crippen LogP contribution in [0.3, 0.4) is 0 Å². The number of carbonyl (C=O) groups is 1. The zero-order valence-corrected chi connectivity index (χ0v) is 10.6. The quantitative estimate of drug-likeness (QED) is 0.878. The summed E-state index contributed by atoms with van der Waals surface area (Å²) in [6, 6.07) is 3.91. The predicted octanol–water partition coefficient (Wildman–Crippen LogP) is 3.07. The number of anilines is 1. The summed E-state index contributed by atoms with van der Waals surface area (Å²) in [6.07, 6.45) is 0. The van der Waals surface area contributed by atoms with E-state index in [1.165, 1.54) is 12.1 Å². The molecule has 1 aromatic carbocycles. The fourth-order valence-corrected chi connectivity index (χ4v) is 1.68. The molecule has 94 valence electrons. The molecule has 2 aromatic rings. The van der Waals surface area contributed by atoms with Crippen LogP contribution in [0.4, 0.5) is 10.1 Å². The Balaban J connectivity index is 2.25. The van der Waals surface area contributed by atoms with Crippen molar-refractivity contribution in [3.05, 3.63) is 46.0 Å². The van der Waals surface area contributed by atoms with Gasteiger partial charge in [0.2, 0.25) is 0 Å². The number of H-pyrrole nitrogens is 1. The molecule has 0 atom stereocenters. The average molecular weight is 268 g/mol. The highest BCUT2D eigenvalue weighted by Gasteiger charge is 2.13. The third kappa shape index (κ3) is 2.36. The van der Waals surface area contributed by atoms with Crippen molar-refractivity contribution in [2.24, 2.45) is 0 Å². The van der Waals surface area contributed by atoms with Gasteiger partial charge in [0.25, 0.3) is 5.91 Å². The van der Waals surface area contributed by atoms with Crippen molar-refractivity contribution in [1.82, 2.24) is 10.2 Å². The minimum Gasteiger partial charge on any atom is -0.319 e. The molecule has 0 fully saturated rings. The van der Waals surface area contributed by atoms with Crippen molar-refractivity contribution in [3.63, 3.8) is 0 Å². The van der Waals surface area contributed by atoms with Gasteiger partial charge in [-0.25, -0.2) is 4.39 Å². The standard InChI is InChI=1S/C12H11ClFN3O/c1-6-11(7(2)17-16-6)15-12(18)8-3-4-9(13)10(14)5-8/h3-5H,1-2H3,(H,15,18)(H,16,17). The molecule has 0 bridgehead atoms. The van der Waals surface area contributed by atoms with Crippen LogP contribution >= 0.6 is 11.6 Å². The van der Waals surface area contributed by atoms with E-state index in [0.29, 0.717) is 11.4 Å². The number of nitrogens with zero attached hydrogens (tertiary/aromatic N) is 1. The van der Waals surface area contributed by atoms with Crippen molar-refractivity contribution >= 4 is 23.2 Å². The summed E-state index contributed by atoms with van der Waals surface area (Å²) >= 11 is 5.56. The Morgan fingerprint density at radius 1 is 1.44 bits per heavy atom. The van der Waals surface area contributed by atoms with Crippen LogP contribution in [-0.2, 0) is 0 Å². The fraction of sp³-hybridized carbons (Fsp3) is 0.167. The Morgan fingerprint density at radius 2 is 2.17 bits per heavy atom. The fourth-order valence-electron chi connectivity index (χ4n) is 1.56. The maximum Gasteiger partial charge on any atom is 0.255 e. The van der Waals surface area contributed by atoms with Crippen molar-refractivity contribution in [2.45, 2.75) is 13.8 Å². The highest BCUT2D eigenvalue weighted by molar-refractivity contribution is 6.30. The van der Waals surface area contributed by atoms with Crippen LogP contribution in [0.5, 0.6) is 0 Å². The maximum atomic E-state index is 13.2. The number of aromatic amines is 1. The van der Waals surface area contributed by atoms with Gasteiger partial charge in [0.1, 0.15) is 5.82 Å². The SMILES string of the molecule is Cc1n[nH]c(C)c1NC(=O)c1ccc(Cl)c(F)c1. The lowest BCUT2D eigenvalue weighted by atomic mass is 10.2. The molecule has 2 rings (SSSR count). The number of amides is 1. The van der Waals surface area contributed by atoms with Crippen molar-refractivity contribution in [3.8, 4) is 0 Å². The first-order valence-electron chi connectivity index (χ1n) is 5.27. The highest BCUT2D eigenvalue weighted by Crippen LogP contribution is 2.19. The van der Waals surface area contributed by atoms with Crippen LogP contribution in [0.2, 0.25) is 5.02 Å². The number of benzene rings is 1. The first-order chi connectivity index (χ1) is 8.49. The normalized spacial score (nSPS) is 10.4. The van der Waals surface area contributed by atoms with E-state index in [-0.39, 0.29) is 10.6 Å². The number of rotatable bonds is 2. The molecule has 1 heterocycles. The minimum atomic E-state index is -0.620. The Morgan fingerprint density at radius 3 is 2.72 bits per heavy atom. The van der Waals surface area contributed by atoms with Crippen LogP contribution in [0.1, 0.15) is 21.7 Å². The molecule has 0 aliphatic heterocycles. The predicted molar refractivity (Wildman–Crippen MR) is 67.4 cm³/mol. The van der Waals surface area contributed by atoms with Crippen molar-refractivity contribution < 1.29 is 9.18 Å². The van der Waals surface area contributed by atoms with Gasteiger partial charge in [-0.15, -0.1) is 0 Å². The van der Waals surface area contributed by atoms with Gasteiger partial charge >= 0.3 is 0 Å². The molecule has 0 unspecified atom stereocenters. The molecule has 18 heavy (non-hydrogen) atoms. The number of halogens is 2. The van der Waals surface area contributed by atoms with Gasteiger partial charge in [-0.3, -0.25) is 9.89 Å². The molecule has 0 aliphatic rings. The number of hydrogen-bond acceptors (Lipinski definition) is 2. The van der Waals surface area contributed by atoms with Gasteiger partial charge in [0, 0.05) is 5.56 Å². The van der Waals surface area contributed by atoms with E-state index in [1.807, 2.05) is 0 Å². The molecule has 0 saturated carbocycles. The van der Waals surface area contributed by atoms with E-state index in [4.69, 9.17) is 11.6 Å². The van der Waals surface area contributed by atoms with Gasteiger partial charge in [-0.2, -0.15) is 5.10 Å². The summed E-state index contributed by atoms with van der Waals surface area (Å²) in [7, 11) is 0. The second kappa shape index (κ2) is 4.78. The van der Waals surface area contributed by atoms with Gasteiger partial charge in [0.15, 0.2) is 0 Å². The number of hydrogen-bond donors (Lipinski definition) is 2. The topological polar surface area (TPSA) is 57.8 Å². The number of aromatic nitrogens is 2. The molecule has 1 amide bonds. The van der Waals surface area contributed by atoms with Crippen LogP contribution < -0.4 is 5.32 Å². The third-order valence-corrected chi connectivity index (χ3v) is 2.85. The molecule has 0 saturated heterocycles. The maximum absolute atomic E-state index is 13.2. The van der Waals surface area contributed by atoms with Gasteiger partial charge < -0.3 is 5.32 Å². The second-order valence-corrected chi connectivity index (χ2v) is 4.30. The molecule has 0 spiro atoms. The second-order valence-electron chi connectivity index (χ2n) is 3.89. The Kier molecular flexibility index (Phi) is 3.34. The zero-order chi connectivity index (χ0) is 13.3. The van der Waals surface area contributed by atoms with E-state index >= 15 is 0 Å². The average Bonchev–Trinajstić information content (AvgIpc) is 2.64. The Bertz CT molecular complexity index is 590. The third-order valence-electron chi connectivity index (χ3n) is 2.55. The lowest BCUT2D eigenvalue weighted by Crippen LogP contribution is -2.13. The van der Waals surface area contributed by atoms with Crippen molar-refractivity contribution in [1.29, 1.82) is 0 Å². The highest BCUT2D eigenvalue weighted by atomic mass is 35.5. The molecule has 2 N–H and O–H groups in total. The minimum absolute atomic E-state index is 0.0118. The number of carbonyl (C=O) groups excluding carboxylic acids is 1. The molecule has 4 nitrogen and oxygen atoms in total. The summed E-state index contributed by atoms with van der Waals surface area (Å²) in [6.45, 7) is 3.56. The van der Waals surface area contributed by atoms with E-state index in [1.54, 1.807) is 13.8 Å². The Hall–Kier alpha value is -1.88. The molecular formula is C12H11ClFN3O. The van der Waals surface area contributed by atoms with Crippen LogP contribution in [0.15, 0.2) is 18.2 Å². The summed E-state index contributed by atoms with van der Waals surface area (Å²) in [5, 5.41) is 9.38. The van der Waals surface area contributed by atoms with Gasteiger partial charge in [-0.1, -0.05) is 11.6 Å². The van der Waals surface area contributed by atoms with Crippen molar-refractivity contribution in [2.75, 3.05) is 5.32 Å². The molecule has 0 aliphatic carbocycles. The smallest absolute Gasteiger partial charge is 0.255 e. The van der Waals surface area contributed by atoms with Crippen LogP contribution in [-0.4, -0.2) is 16.1 Å². The lowest BCUT2D eigenvalue weighted by Gasteiger charge is -2.05. The summed E-state index contributed by atoms with van der Waals surface area (Å²) in [4.78, 5) is 11.9. The van der Waals surface area contributed by atoms with E-state index in [2.05, 4.69) is 15.5 Å². The van der Waals surface area contributed by atoms with E-state index < -0.39 is 11.7 Å². The summed E-state index contributed by atoms with van der Waals surface area (Å²) in [5.74, 6) is -1.02. The Labute approximate surface area is 108 Å². The number of nitrogens with one attached hydrogen (secondary N) is 2. The lowest BCUT2D eigenvalue weighted by molar-refractivity contribution is 0.102. The van der Waals surface area contributed by atoms with Crippen LogP contribution in [0.25, 0.3) is 0 Å². The van der Waals surface area contributed by atoms with E-state index in [9.17, 15) is 9.18 Å². The largest absolute Gasteiger partial charge is 0.319 e. The molecule has 0 radical (unpaired) electrons. The van der Waals surface area contributed by atoms with E-state index in [0.717, 1.165) is 11.8 Å². The molecule has 1 aromatic heterocycles. The van der Waals surface area contributed by atoms with Gasteiger partial charge in [-0.05, 0) is 32.0 Å². The first-order valence-corrected chi connectivity index (χ1v) is 5.65. The summed E-state index contributed by atoms with van der Waals surface area (Å²) in [5.41, 5.74) is 2.23. The van der Waals surface area contributed by atoms with Gasteiger partial charge in [0.05, 0.1) is 22.1 Å². The summed E-state index contributed by atoms with van der Waals surface area (Å²) < 4.78 is 13.2. The molecule has 6 heteroatoms. The first kappa shape index (κ1) is 12.6. The molecular weight excluding hydrogens is 257 g/mol. The van der Waals surface area contributed by atoms with Crippen LogP contribution in [0, 0.1) is 19.7 Å². The monoisotopic (exact) mass is 267 g/mol. The zero-order valence-electron chi connectivity index (χ0n) is 9.84.